The van der Waals surface area contributed by atoms with Crippen LogP contribution in [0.1, 0.15) is 63.8 Å². The van der Waals surface area contributed by atoms with Crippen molar-refractivity contribution in [2.45, 2.75) is 72.0 Å². The van der Waals surface area contributed by atoms with E-state index in [4.69, 9.17) is 9.31 Å². The summed E-state index contributed by atoms with van der Waals surface area (Å²) in [6.45, 7) is 17.2. The van der Waals surface area contributed by atoms with E-state index in [0.717, 1.165) is 16.8 Å². The number of fused-ring (bicyclic) bond motifs is 3. The van der Waals surface area contributed by atoms with Crippen molar-refractivity contribution in [2.24, 2.45) is 0 Å². The van der Waals surface area contributed by atoms with Gasteiger partial charge in [0, 0.05) is 22.4 Å². The third-order valence-corrected chi connectivity index (χ3v) is 9.74. The molecule has 1 aliphatic heterocycles. The molecule has 0 radical (unpaired) electrons. The third kappa shape index (κ3) is 5.74. The predicted molar refractivity (Wildman–Crippen MR) is 190 cm³/mol. The smallest absolute Gasteiger partial charge is 0.399 e. The Labute approximate surface area is 270 Å². The largest absolute Gasteiger partial charge is 0.494 e. The Morgan fingerprint density at radius 2 is 1.02 bits per heavy atom. The minimum atomic E-state index is -0.379. The number of benzene rings is 5. The van der Waals surface area contributed by atoms with Crippen molar-refractivity contribution in [3.63, 3.8) is 0 Å². The molecule has 0 atom stereocenters. The van der Waals surface area contributed by atoms with Crippen LogP contribution in [0.15, 0.2) is 121 Å². The van der Waals surface area contributed by atoms with Crippen LogP contribution in [0.4, 0.5) is 17.1 Å². The Kier molecular flexibility index (Phi) is 8.01. The van der Waals surface area contributed by atoms with Gasteiger partial charge in [-0.15, -0.1) is 0 Å². The van der Waals surface area contributed by atoms with Crippen LogP contribution in [0, 0.1) is 13.8 Å². The molecule has 1 heterocycles. The van der Waals surface area contributed by atoms with E-state index in [1.807, 2.05) is 18.2 Å². The molecule has 7 rings (SSSR count). The Balaban J connectivity index is 0.000000452. The maximum atomic E-state index is 6.32. The third-order valence-electron chi connectivity index (χ3n) is 9.74. The van der Waals surface area contributed by atoms with Crippen LogP contribution in [0.5, 0.6) is 0 Å². The molecule has 2 aliphatic rings. The van der Waals surface area contributed by atoms with Crippen LogP contribution in [-0.4, -0.2) is 18.3 Å². The van der Waals surface area contributed by atoms with Gasteiger partial charge in [-0.3, -0.25) is 0 Å². The van der Waals surface area contributed by atoms with E-state index in [2.05, 4.69) is 163 Å². The molecule has 0 saturated carbocycles. The van der Waals surface area contributed by atoms with Crippen LogP contribution >= 0.6 is 0 Å². The number of hydrogen-bond donors (Lipinski definition) is 0. The first-order chi connectivity index (χ1) is 21.4. The maximum Gasteiger partial charge on any atom is 0.494 e. The first kappa shape index (κ1) is 30.9. The van der Waals surface area contributed by atoms with E-state index in [0.29, 0.717) is 0 Å². The summed E-state index contributed by atoms with van der Waals surface area (Å²) < 4.78 is 12.6. The summed E-state index contributed by atoms with van der Waals surface area (Å²) in [5.74, 6) is 0. The van der Waals surface area contributed by atoms with Gasteiger partial charge in [-0.1, -0.05) is 116 Å². The minimum absolute atomic E-state index is 0.0541. The van der Waals surface area contributed by atoms with Gasteiger partial charge >= 0.3 is 7.12 Å². The van der Waals surface area contributed by atoms with Crippen molar-refractivity contribution in [3.8, 4) is 11.1 Å². The van der Waals surface area contributed by atoms with E-state index in [1.165, 1.54) is 39.1 Å². The molecular formula is C41H44BNO2. The quantitative estimate of drug-likeness (QED) is 0.194. The van der Waals surface area contributed by atoms with E-state index in [-0.39, 0.29) is 23.7 Å². The molecule has 1 fully saturated rings. The summed E-state index contributed by atoms with van der Waals surface area (Å²) in [4.78, 5) is 2.38. The van der Waals surface area contributed by atoms with Gasteiger partial charge in [0.05, 0.1) is 16.9 Å². The monoisotopic (exact) mass is 593 g/mol. The number of hydrogen-bond acceptors (Lipinski definition) is 3. The van der Waals surface area contributed by atoms with E-state index >= 15 is 0 Å². The standard InChI is InChI=1S/C34H36BNO2.C7H8/c1-23-15-19-25(20-16-23)36(26-21-17-24(18-22-26)35-37-33(4,5)34(6,7)38-35)30-14-10-13-29-31(30)27-11-8-9-12-28(27)32(29,2)3;1-7-5-3-2-4-6-7/h8-22H,1-7H3;2-6H,1H3. The summed E-state index contributed by atoms with van der Waals surface area (Å²) in [5.41, 5.74) is 11.6. The topological polar surface area (TPSA) is 21.7 Å². The molecular weight excluding hydrogens is 549 g/mol. The van der Waals surface area contributed by atoms with Gasteiger partial charge in [-0.2, -0.15) is 0 Å². The fourth-order valence-corrected chi connectivity index (χ4v) is 6.34. The molecule has 5 aromatic carbocycles. The van der Waals surface area contributed by atoms with Crippen LogP contribution in [0.2, 0.25) is 0 Å². The molecule has 0 amide bonds. The van der Waals surface area contributed by atoms with Gasteiger partial charge in [0.1, 0.15) is 0 Å². The second-order valence-corrected chi connectivity index (χ2v) is 13.9. The van der Waals surface area contributed by atoms with Crippen LogP contribution in [0.25, 0.3) is 11.1 Å². The Morgan fingerprint density at radius 1 is 0.511 bits per heavy atom. The molecule has 1 aliphatic carbocycles. The zero-order chi connectivity index (χ0) is 32.0. The Hall–Kier alpha value is -4.12. The van der Waals surface area contributed by atoms with E-state index in [9.17, 15) is 0 Å². The maximum absolute atomic E-state index is 6.32. The van der Waals surface area contributed by atoms with Gasteiger partial charge in [-0.05, 0) is 94.0 Å². The highest BCUT2D eigenvalue weighted by Crippen LogP contribution is 2.54. The highest BCUT2D eigenvalue weighted by atomic mass is 16.7. The fourth-order valence-electron chi connectivity index (χ4n) is 6.34. The molecule has 1 saturated heterocycles. The Bertz CT molecular complexity index is 1770. The SMILES string of the molecule is Cc1ccc(N(c2ccc(B3OC(C)(C)C(C)(C)O3)cc2)c2cccc3c2-c2ccccc2C3(C)C)cc1.Cc1ccccc1. The number of anilines is 3. The first-order valence-corrected chi connectivity index (χ1v) is 16.0. The first-order valence-electron chi connectivity index (χ1n) is 16.0. The number of rotatable bonds is 4. The zero-order valence-corrected chi connectivity index (χ0v) is 27.9. The summed E-state index contributed by atoms with van der Waals surface area (Å²) >= 11 is 0. The molecule has 0 N–H and O–H groups in total. The summed E-state index contributed by atoms with van der Waals surface area (Å²) in [7, 11) is -0.379. The lowest BCUT2D eigenvalue weighted by atomic mass is 9.79. The van der Waals surface area contributed by atoms with Gasteiger partial charge < -0.3 is 14.2 Å². The average Bonchev–Trinajstić information content (AvgIpc) is 3.39. The normalized spacial score (nSPS) is 16.8. The van der Waals surface area contributed by atoms with Gasteiger partial charge in [0.2, 0.25) is 0 Å². The number of nitrogens with zero attached hydrogens (tertiary/aromatic N) is 1. The van der Waals surface area contributed by atoms with Gasteiger partial charge in [-0.25, -0.2) is 0 Å². The van der Waals surface area contributed by atoms with Crippen molar-refractivity contribution < 1.29 is 9.31 Å². The highest BCUT2D eigenvalue weighted by Gasteiger charge is 2.51. The van der Waals surface area contributed by atoms with E-state index in [1.54, 1.807) is 0 Å². The second kappa shape index (κ2) is 11.7. The van der Waals surface area contributed by atoms with Crippen LogP contribution < -0.4 is 10.4 Å². The van der Waals surface area contributed by atoms with E-state index < -0.39 is 0 Å². The number of aryl methyl sites for hydroxylation is 2. The summed E-state index contributed by atoms with van der Waals surface area (Å²) in [6.07, 6.45) is 0. The van der Waals surface area contributed by atoms with Crippen molar-refractivity contribution in [3.05, 3.63) is 144 Å². The lowest BCUT2D eigenvalue weighted by molar-refractivity contribution is 0.00578. The Morgan fingerprint density at radius 3 is 1.60 bits per heavy atom. The second-order valence-electron chi connectivity index (χ2n) is 13.9. The lowest BCUT2D eigenvalue weighted by Gasteiger charge is -2.32. The van der Waals surface area contributed by atoms with Gasteiger partial charge in [0.25, 0.3) is 0 Å². The highest BCUT2D eigenvalue weighted by molar-refractivity contribution is 6.62. The molecule has 0 bridgehead atoms. The molecule has 5 aromatic rings. The minimum Gasteiger partial charge on any atom is -0.399 e. The summed E-state index contributed by atoms with van der Waals surface area (Å²) in [5, 5.41) is 0. The molecule has 45 heavy (non-hydrogen) atoms. The average molecular weight is 594 g/mol. The van der Waals surface area contributed by atoms with Crippen molar-refractivity contribution in [2.75, 3.05) is 4.90 Å². The predicted octanol–water partition coefficient (Wildman–Crippen LogP) is 10.1. The van der Waals surface area contributed by atoms with Gasteiger partial charge in [0.15, 0.2) is 0 Å². The fraction of sp³-hybridized carbons (Fsp3) is 0.268. The molecule has 0 spiro atoms. The molecule has 3 nitrogen and oxygen atoms in total. The van der Waals surface area contributed by atoms with Crippen molar-refractivity contribution in [1.29, 1.82) is 0 Å². The molecule has 4 heteroatoms. The van der Waals surface area contributed by atoms with Crippen molar-refractivity contribution >= 4 is 29.6 Å². The summed E-state index contributed by atoms with van der Waals surface area (Å²) in [6, 6.07) is 43.3. The van der Waals surface area contributed by atoms with Crippen LogP contribution in [0.3, 0.4) is 0 Å². The molecule has 228 valence electrons. The molecule has 0 aromatic heterocycles. The van der Waals surface area contributed by atoms with Crippen molar-refractivity contribution in [1.82, 2.24) is 0 Å². The van der Waals surface area contributed by atoms with Crippen LogP contribution in [-0.2, 0) is 14.7 Å². The zero-order valence-electron chi connectivity index (χ0n) is 27.9. The molecule has 0 unspecified atom stereocenters. The lowest BCUT2D eigenvalue weighted by Crippen LogP contribution is -2.41.